The molecule has 0 saturated carbocycles. The maximum Gasteiger partial charge on any atom is 0.122 e. The first-order valence-corrected chi connectivity index (χ1v) is 7.07. The van der Waals surface area contributed by atoms with Crippen LogP contribution >= 0.6 is 0 Å². The molecule has 19 heavy (non-hydrogen) atoms. The zero-order chi connectivity index (χ0) is 13.7. The molecule has 0 atom stereocenters. The Morgan fingerprint density at radius 3 is 2.21 bits per heavy atom. The van der Waals surface area contributed by atoms with Crippen LogP contribution in [0.5, 0.6) is 0 Å². The van der Waals surface area contributed by atoms with Crippen LogP contribution in [-0.4, -0.2) is 48.4 Å². The largest absolute Gasteiger partial charge is 0.384 e. The zero-order valence-electron chi connectivity index (χ0n) is 11.7. The predicted octanol–water partition coefficient (Wildman–Crippen LogP) is 1.50. The number of nitrogens with zero attached hydrogens (tertiary/aromatic N) is 2. The van der Waals surface area contributed by atoms with Gasteiger partial charge in [0.25, 0.3) is 0 Å². The zero-order valence-corrected chi connectivity index (χ0v) is 11.7. The Morgan fingerprint density at radius 2 is 1.68 bits per heavy atom. The van der Waals surface area contributed by atoms with Crippen molar-refractivity contribution in [2.45, 2.75) is 19.9 Å². The fourth-order valence-electron chi connectivity index (χ4n) is 2.54. The van der Waals surface area contributed by atoms with Gasteiger partial charge in [0, 0.05) is 38.3 Å². The van der Waals surface area contributed by atoms with Crippen LogP contribution < -0.4 is 5.73 Å². The lowest BCUT2D eigenvalue weighted by Gasteiger charge is -2.34. The molecule has 1 aliphatic rings. The standard InChI is InChI=1S/C15H24N4/c1-2-7-18-8-10-19(11-9-18)12-13-3-5-14(6-4-13)15(16)17/h3-6H,2,7-12H2,1H3,(H3,16,17). The molecule has 2 rings (SSSR count). The van der Waals surface area contributed by atoms with Crippen molar-refractivity contribution in [1.29, 1.82) is 5.41 Å². The highest BCUT2D eigenvalue weighted by atomic mass is 15.3. The third-order valence-electron chi connectivity index (χ3n) is 3.68. The lowest BCUT2D eigenvalue weighted by molar-refractivity contribution is 0.127. The van der Waals surface area contributed by atoms with Crippen LogP contribution in [0.4, 0.5) is 0 Å². The summed E-state index contributed by atoms with van der Waals surface area (Å²) in [6, 6.07) is 8.03. The van der Waals surface area contributed by atoms with Gasteiger partial charge in [-0.1, -0.05) is 31.2 Å². The fourth-order valence-corrected chi connectivity index (χ4v) is 2.54. The van der Waals surface area contributed by atoms with Crippen molar-refractivity contribution in [2.24, 2.45) is 5.73 Å². The molecule has 3 N–H and O–H groups in total. The van der Waals surface area contributed by atoms with Crippen LogP contribution in [0.1, 0.15) is 24.5 Å². The fraction of sp³-hybridized carbons (Fsp3) is 0.533. The SMILES string of the molecule is CCCN1CCN(Cc2ccc(C(=N)N)cc2)CC1. The molecule has 0 unspecified atom stereocenters. The first-order chi connectivity index (χ1) is 9.19. The number of benzene rings is 1. The summed E-state index contributed by atoms with van der Waals surface area (Å²) in [4.78, 5) is 5.03. The quantitative estimate of drug-likeness (QED) is 0.623. The molecule has 4 heteroatoms. The molecule has 4 nitrogen and oxygen atoms in total. The van der Waals surface area contributed by atoms with E-state index in [2.05, 4.69) is 28.9 Å². The van der Waals surface area contributed by atoms with Gasteiger partial charge in [0.05, 0.1) is 0 Å². The second-order valence-corrected chi connectivity index (χ2v) is 5.23. The summed E-state index contributed by atoms with van der Waals surface area (Å²) in [6.07, 6.45) is 1.24. The molecule has 0 bridgehead atoms. The molecular weight excluding hydrogens is 236 g/mol. The van der Waals surface area contributed by atoms with Gasteiger partial charge in [-0.25, -0.2) is 0 Å². The van der Waals surface area contributed by atoms with E-state index in [-0.39, 0.29) is 5.84 Å². The van der Waals surface area contributed by atoms with Crippen molar-refractivity contribution in [3.63, 3.8) is 0 Å². The number of nitrogens with one attached hydrogen (secondary N) is 1. The molecule has 1 heterocycles. The average molecular weight is 260 g/mol. The van der Waals surface area contributed by atoms with E-state index >= 15 is 0 Å². The Kier molecular flexibility index (Phi) is 4.93. The van der Waals surface area contributed by atoms with Gasteiger partial charge < -0.3 is 10.6 Å². The van der Waals surface area contributed by atoms with Gasteiger partial charge >= 0.3 is 0 Å². The lowest BCUT2D eigenvalue weighted by Crippen LogP contribution is -2.45. The topological polar surface area (TPSA) is 56.4 Å². The van der Waals surface area contributed by atoms with Crippen molar-refractivity contribution in [1.82, 2.24) is 9.80 Å². The number of nitrogen functional groups attached to an aromatic ring is 1. The lowest BCUT2D eigenvalue weighted by atomic mass is 10.1. The van der Waals surface area contributed by atoms with Crippen molar-refractivity contribution in [3.8, 4) is 0 Å². The van der Waals surface area contributed by atoms with Crippen molar-refractivity contribution >= 4 is 5.84 Å². The second-order valence-electron chi connectivity index (χ2n) is 5.23. The normalized spacial score (nSPS) is 17.5. The van der Waals surface area contributed by atoms with Gasteiger partial charge in [0.1, 0.15) is 5.84 Å². The minimum absolute atomic E-state index is 0.139. The van der Waals surface area contributed by atoms with Gasteiger partial charge in [-0.05, 0) is 18.5 Å². The van der Waals surface area contributed by atoms with Gasteiger partial charge in [0.15, 0.2) is 0 Å². The molecule has 0 aromatic heterocycles. The minimum atomic E-state index is 0.139. The number of rotatable bonds is 5. The summed E-state index contributed by atoms with van der Waals surface area (Å²) in [5.74, 6) is 0.139. The third-order valence-corrected chi connectivity index (χ3v) is 3.68. The monoisotopic (exact) mass is 260 g/mol. The van der Waals surface area contributed by atoms with Crippen molar-refractivity contribution < 1.29 is 0 Å². The molecule has 0 amide bonds. The molecule has 0 radical (unpaired) electrons. The smallest absolute Gasteiger partial charge is 0.122 e. The van der Waals surface area contributed by atoms with Crippen molar-refractivity contribution in [2.75, 3.05) is 32.7 Å². The summed E-state index contributed by atoms with van der Waals surface area (Å²) in [7, 11) is 0. The van der Waals surface area contributed by atoms with E-state index in [1.807, 2.05) is 12.1 Å². The van der Waals surface area contributed by atoms with Gasteiger partial charge in [-0.15, -0.1) is 0 Å². The van der Waals surface area contributed by atoms with E-state index in [9.17, 15) is 0 Å². The molecule has 1 fully saturated rings. The van der Waals surface area contributed by atoms with Crippen LogP contribution in [-0.2, 0) is 6.54 Å². The maximum absolute atomic E-state index is 7.38. The third kappa shape index (κ3) is 4.04. The Morgan fingerprint density at radius 1 is 1.11 bits per heavy atom. The van der Waals surface area contributed by atoms with Crippen molar-refractivity contribution in [3.05, 3.63) is 35.4 Å². The number of nitrogens with two attached hydrogens (primary N) is 1. The molecule has 1 aromatic rings. The Hall–Kier alpha value is -1.39. The molecular formula is C15H24N4. The first-order valence-electron chi connectivity index (χ1n) is 7.07. The van der Waals surface area contributed by atoms with Crippen LogP contribution in [0, 0.1) is 5.41 Å². The second kappa shape index (κ2) is 6.68. The van der Waals surface area contributed by atoms with Gasteiger partial charge in [0.2, 0.25) is 0 Å². The number of piperazine rings is 1. The predicted molar refractivity (Wildman–Crippen MR) is 79.5 cm³/mol. The molecule has 1 aliphatic heterocycles. The average Bonchev–Trinajstić information content (AvgIpc) is 2.42. The Labute approximate surface area is 115 Å². The van der Waals surface area contributed by atoms with E-state index in [0.717, 1.165) is 25.2 Å². The molecule has 104 valence electrons. The van der Waals surface area contributed by atoms with Crippen LogP contribution in [0.2, 0.25) is 0 Å². The highest BCUT2D eigenvalue weighted by molar-refractivity contribution is 5.94. The first kappa shape index (κ1) is 14.0. The summed E-state index contributed by atoms with van der Waals surface area (Å²) in [6.45, 7) is 9.11. The Bertz CT molecular complexity index is 405. The van der Waals surface area contributed by atoms with E-state index in [1.54, 1.807) is 0 Å². The van der Waals surface area contributed by atoms with E-state index in [1.165, 1.54) is 31.6 Å². The molecule has 1 aromatic carbocycles. The van der Waals surface area contributed by atoms with Gasteiger partial charge in [-0.2, -0.15) is 0 Å². The van der Waals surface area contributed by atoms with E-state index < -0.39 is 0 Å². The van der Waals surface area contributed by atoms with E-state index in [0.29, 0.717) is 0 Å². The maximum atomic E-state index is 7.38. The Balaban J connectivity index is 1.83. The summed E-state index contributed by atoms with van der Waals surface area (Å²) in [5, 5.41) is 7.38. The molecule has 1 saturated heterocycles. The van der Waals surface area contributed by atoms with Crippen LogP contribution in [0.3, 0.4) is 0 Å². The van der Waals surface area contributed by atoms with Crippen LogP contribution in [0.25, 0.3) is 0 Å². The number of amidine groups is 1. The molecule has 0 aliphatic carbocycles. The summed E-state index contributed by atoms with van der Waals surface area (Å²) < 4.78 is 0. The van der Waals surface area contributed by atoms with E-state index in [4.69, 9.17) is 11.1 Å². The molecule has 0 spiro atoms. The highest BCUT2D eigenvalue weighted by Gasteiger charge is 2.15. The van der Waals surface area contributed by atoms with Crippen LogP contribution in [0.15, 0.2) is 24.3 Å². The highest BCUT2D eigenvalue weighted by Crippen LogP contribution is 2.10. The summed E-state index contributed by atoms with van der Waals surface area (Å²) in [5.41, 5.74) is 7.56. The number of hydrogen-bond donors (Lipinski definition) is 2. The summed E-state index contributed by atoms with van der Waals surface area (Å²) >= 11 is 0. The van der Waals surface area contributed by atoms with Gasteiger partial charge in [-0.3, -0.25) is 10.3 Å². The number of hydrogen-bond acceptors (Lipinski definition) is 3. The minimum Gasteiger partial charge on any atom is -0.384 e.